The highest BCUT2D eigenvalue weighted by atomic mass is 79.9. The predicted molar refractivity (Wildman–Crippen MR) is 167 cm³/mol. The molecule has 0 bridgehead atoms. The van der Waals surface area contributed by atoms with Crippen molar-refractivity contribution in [2.45, 2.75) is 46.0 Å². The van der Waals surface area contributed by atoms with E-state index in [1.165, 1.54) is 4.57 Å². The molecule has 0 aliphatic carbocycles. The fraction of sp³-hybridized carbons (Fsp3) is 0.250. The minimum atomic E-state index is -0.466. The van der Waals surface area contributed by atoms with Gasteiger partial charge in [-0.3, -0.25) is 18.7 Å². The Labute approximate surface area is 262 Å². The summed E-state index contributed by atoms with van der Waals surface area (Å²) in [4.78, 5) is 42.9. The number of imidazole rings is 1. The molecule has 3 aromatic carbocycles. The SMILES string of the molecule is CC(C)Oc1ccc(-n2c(C(=O)N[C@@H](C)c3ccc(C#N)cc3)c3n(c2=O)CCN(C(=O)c2ccc(Br)c(Cl)c2)C3)cc1. The largest absolute Gasteiger partial charge is 0.491 e. The molecule has 5 rings (SSSR count). The van der Waals surface area contributed by atoms with Crippen molar-refractivity contribution >= 4 is 39.3 Å². The number of nitriles is 1. The standard InChI is InChI=1S/C32H29BrClN5O4/c1-19(2)43-25-11-9-24(10-12-25)39-29(30(40)36-20(3)22-6-4-21(17-35)5-7-22)28-18-37(14-15-38(28)32(39)42)31(41)23-8-13-26(33)27(34)16-23/h4-13,16,19-20H,14-15,18H2,1-3H3,(H,36,40)/t20-/m0/s1. The molecule has 0 fully saturated rings. The molecule has 43 heavy (non-hydrogen) atoms. The first-order valence-electron chi connectivity index (χ1n) is 13.7. The number of carbonyl (C=O) groups is 2. The molecule has 4 aromatic rings. The molecule has 0 spiro atoms. The molecule has 2 amide bonds. The van der Waals surface area contributed by atoms with E-state index < -0.39 is 11.9 Å². The second-order valence-corrected chi connectivity index (χ2v) is 11.8. The Morgan fingerprint density at radius 2 is 1.72 bits per heavy atom. The number of rotatable bonds is 7. The van der Waals surface area contributed by atoms with Crippen molar-refractivity contribution < 1.29 is 14.3 Å². The summed E-state index contributed by atoms with van der Waals surface area (Å²) in [5, 5.41) is 12.5. The molecule has 0 saturated heterocycles. The van der Waals surface area contributed by atoms with Crippen molar-refractivity contribution in [3.8, 4) is 17.5 Å². The van der Waals surface area contributed by atoms with Gasteiger partial charge >= 0.3 is 5.69 Å². The first kappa shape index (κ1) is 30.1. The number of benzene rings is 3. The van der Waals surface area contributed by atoms with Crippen LogP contribution in [0.1, 0.15) is 64.5 Å². The Morgan fingerprint density at radius 3 is 2.35 bits per heavy atom. The summed E-state index contributed by atoms with van der Waals surface area (Å²) in [6.07, 6.45) is -0.0236. The molecule has 9 nitrogen and oxygen atoms in total. The Kier molecular flexibility index (Phi) is 8.76. The molecule has 1 N–H and O–H groups in total. The summed E-state index contributed by atoms with van der Waals surface area (Å²) in [5.74, 6) is -0.0827. The molecule has 1 aliphatic heterocycles. The second-order valence-electron chi connectivity index (χ2n) is 10.5. The topological polar surface area (TPSA) is 109 Å². The van der Waals surface area contributed by atoms with Gasteiger partial charge < -0.3 is 15.0 Å². The van der Waals surface area contributed by atoms with Gasteiger partial charge in [0.15, 0.2) is 0 Å². The average Bonchev–Trinajstić information content (AvgIpc) is 3.29. The van der Waals surface area contributed by atoms with Gasteiger partial charge in [0.1, 0.15) is 11.4 Å². The lowest BCUT2D eigenvalue weighted by Crippen LogP contribution is -2.41. The molecule has 2 heterocycles. The van der Waals surface area contributed by atoms with E-state index in [1.54, 1.807) is 76.2 Å². The number of amides is 2. The monoisotopic (exact) mass is 661 g/mol. The van der Waals surface area contributed by atoms with Gasteiger partial charge in [-0.15, -0.1) is 0 Å². The number of hydrogen-bond acceptors (Lipinski definition) is 5. The summed E-state index contributed by atoms with van der Waals surface area (Å²) in [6, 6.07) is 20.6. The van der Waals surface area contributed by atoms with Gasteiger partial charge in [0, 0.05) is 23.1 Å². The maximum Gasteiger partial charge on any atom is 0.333 e. The highest BCUT2D eigenvalue weighted by molar-refractivity contribution is 9.10. The summed E-state index contributed by atoms with van der Waals surface area (Å²) in [5.41, 5.74) is 2.42. The van der Waals surface area contributed by atoms with Gasteiger partial charge in [-0.1, -0.05) is 23.7 Å². The third kappa shape index (κ3) is 6.24. The van der Waals surface area contributed by atoms with Crippen LogP contribution in [0.5, 0.6) is 5.75 Å². The highest BCUT2D eigenvalue weighted by Gasteiger charge is 2.32. The van der Waals surface area contributed by atoms with Crippen molar-refractivity contribution in [1.29, 1.82) is 5.26 Å². The van der Waals surface area contributed by atoms with Gasteiger partial charge in [-0.2, -0.15) is 5.26 Å². The maximum atomic E-state index is 14.0. The van der Waals surface area contributed by atoms with E-state index in [0.717, 1.165) is 5.56 Å². The van der Waals surface area contributed by atoms with Crippen molar-refractivity contribution in [2.75, 3.05) is 6.54 Å². The Morgan fingerprint density at radius 1 is 1.02 bits per heavy atom. The van der Waals surface area contributed by atoms with Crippen LogP contribution >= 0.6 is 27.5 Å². The van der Waals surface area contributed by atoms with Gasteiger partial charge in [0.2, 0.25) is 0 Å². The summed E-state index contributed by atoms with van der Waals surface area (Å²) >= 11 is 9.60. The van der Waals surface area contributed by atoms with E-state index in [1.807, 2.05) is 20.8 Å². The fourth-order valence-electron chi connectivity index (χ4n) is 5.06. The van der Waals surface area contributed by atoms with Crippen LogP contribution in [0.2, 0.25) is 5.02 Å². The van der Waals surface area contributed by atoms with Crippen LogP contribution in [0.15, 0.2) is 76.0 Å². The number of fused-ring (bicyclic) bond motifs is 1. The predicted octanol–water partition coefficient (Wildman–Crippen LogP) is 5.86. The normalized spacial score (nSPS) is 13.3. The molecule has 0 radical (unpaired) electrons. The molecule has 11 heteroatoms. The quantitative estimate of drug-likeness (QED) is 0.267. The van der Waals surface area contributed by atoms with Crippen LogP contribution in [-0.4, -0.2) is 38.5 Å². The number of aromatic nitrogens is 2. The van der Waals surface area contributed by atoms with E-state index in [-0.39, 0.29) is 43.0 Å². The molecule has 0 saturated carbocycles. The molecule has 1 aromatic heterocycles. The lowest BCUT2D eigenvalue weighted by Gasteiger charge is -2.28. The van der Waals surface area contributed by atoms with E-state index in [4.69, 9.17) is 21.6 Å². The van der Waals surface area contributed by atoms with Crippen molar-refractivity contribution in [1.82, 2.24) is 19.4 Å². The number of nitrogens with one attached hydrogen (secondary N) is 1. The lowest BCUT2D eigenvalue weighted by molar-refractivity contribution is 0.0706. The minimum absolute atomic E-state index is 0.0236. The number of hydrogen-bond donors (Lipinski definition) is 1. The number of ether oxygens (including phenoxy) is 1. The molecule has 0 unspecified atom stereocenters. The summed E-state index contributed by atoms with van der Waals surface area (Å²) < 4.78 is 9.38. The highest BCUT2D eigenvalue weighted by Crippen LogP contribution is 2.27. The van der Waals surface area contributed by atoms with Gasteiger partial charge in [0.25, 0.3) is 11.8 Å². The second kappa shape index (κ2) is 12.5. The average molecular weight is 663 g/mol. The smallest absolute Gasteiger partial charge is 0.333 e. The van der Waals surface area contributed by atoms with Crippen molar-refractivity contribution in [3.63, 3.8) is 0 Å². The Hall–Kier alpha value is -4.33. The first-order chi connectivity index (χ1) is 20.6. The minimum Gasteiger partial charge on any atom is -0.491 e. The molecular weight excluding hydrogens is 634 g/mol. The third-order valence-electron chi connectivity index (χ3n) is 7.20. The summed E-state index contributed by atoms with van der Waals surface area (Å²) in [7, 11) is 0. The molecule has 220 valence electrons. The number of carbonyl (C=O) groups excluding carboxylic acids is 2. The Balaban J connectivity index is 1.54. The fourth-order valence-corrected chi connectivity index (χ4v) is 5.49. The Bertz CT molecular complexity index is 1790. The number of nitrogens with zero attached hydrogens (tertiary/aromatic N) is 4. The van der Waals surface area contributed by atoms with E-state index in [0.29, 0.717) is 37.8 Å². The zero-order valence-corrected chi connectivity index (χ0v) is 26.1. The van der Waals surface area contributed by atoms with Crippen molar-refractivity contribution in [2.24, 2.45) is 0 Å². The van der Waals surface area contributed by atoms with Crippen LogP contribution < -0.4 is 15.7 Å². The van der Waals surface area contributed by atoms with Crippen LogP contribution in [0.3, 0.4) is 0 Å². The zero-order valence-electron chi connectivity index (χ0n) is 23.8. The first-order valence-corrected chi connectivity index (χ1v) is 14.9. The van der Waals surface area contributed by atoms with E-state index in [2.05, 4.69) is 27.3 Å². The third-order valence-corrected chi connectivity index (χ3v) is 8.43. The molecular formula is C32H29BrClN5O4. The van der Waals surface area contributed by atoms with Gasteiger partial charge in [-0.05, 0) is 96.9 Å². The van der Waals surface area contributed by atoms with Gasteiger partial charge in [0.05, 0.1) is 46.7 Å². The van der Waals surface area contributed by atoms with Crippen LogP contribution in [0.4, 0.5) is 0 Å². The van der Waals surface area contributed by atoms with Crippen LogP contribution in [0.25, 0.3) is 5.69 Å². The number of halogens is 2. The van der Waals surface area contributed by atoms with E-state index in [9.17, 15) is 14.4 Å². The van der Waals surface area contributed by atoms with Gasteiger partial charge in [-0.25, -0.2) is 4.79 Å². The van der Waals surface area contributed by atoms with Crippen molar-refractivity contribution in [3.05, 3.63) is 115 Å². The van der Waals surface area contributed by atoms with Crippen LogP contribution in [-0.2, 0) is 13.1 Å². The maximum absolute atomic E-state index is 14.0. The van der Waals surface area contributed by atoms with Crippen LogP contribution in [0, 0.1) is 11.3 Å². The summed E-state index contributed by atoms with van der Waals surface area (Å²) in [6.45, 7) is 6.23. The molecule has 1 atom stereocenters. The lowest BCUT2D eigenvalue weighted by atomic mass is 10.1. The van der Waals surface area contributed by atoms with E-state index >= 15 is 0 Å². The molecule has 1 aliphatic rings. The zero-order chi connectivity index (χ0) is 30.8.